The van der Waals surface area contributed by atoms with Crippen LogP contribution in [0.3, 0.4) is 0 Å². The number of nitrogens with zero attached hydrogens (tertiary/aromatic N) is 2. The molecule has 1 aromatic heterocycles. The number of rotatable bonds is 6. The second-order valence-electron chi connectivity index (χ2n) is 4.36. The van der Waals surface area contributed by atoms with E-state index in [-0.39, 0.29) is 11.5 Å². The third-order valence-corrected chi connectivity index (χ3v) is 2.77. The van der Waals surface area contributed by atoms with E-state index in [0.717, 1.165) is 5.56 Å². The first-order valence-corrected chi connectivity index (χ1v) is 6.47. The number of anilines is 2. The number of hydrogen-bond acceptors (Lipinski definition) is 5. The van der Waals surface area contributed by atoms with Crippen molar-refractivity contribution < 1.29 is 9.31 Å². The second kappa shape index (κ2) is 6.65. The van der Waals surface area contributed by atoms with E-state index in [1.807, 2.05) is 6.92 Å². The molecule has 0 radical (unpaired) electrons. The number of benzene rings is 1. The number of halogens is 1. The van der Waals surface area contributed by atoms with Crippen LogP contribution in [0.5, 0.6) is 0 Å². The van der Waals surface area contributed by atoms with Gasteiger partial charge in [0.05, 0.1) is 17.1 Å². The Hall–Kier alpha value is -2.70. The molecule has 2 rings (SSSR count). The summed E-state index contributed by atoms with van der Waals surface area (Å²) >= 11 is 0. The zero-order chi connectivity index (χ0) is 15.2. The molecule has 0 bridgehead atoms. The van der Waals surface area contributed by atoms with Crippen molar-refractivity contribution in [3.63, 3.8) is 0 Å². The van der Waals surface area contributed by atoms with Crippen molar-refractivity contribution in [1.82, 2.24) is 4.98 Å². The Morgan fingerprint density at radius 1 is 1.19 bits per heavy atom. The van der Waals surface area contributed by atoms with Crippen molar-refractivity contribution in [1.29, 1.82) is 0 Å². The summed E-state index contributed by atoms with van der Waals surface area (Å²) in [7, 11) is 0. The van der Waals surface area contributed by atoms with Gasteiger partial charge >= 0.3 is 0 Å². The molecule has 0 aliphatic heterocycles. The lowest BCUT2D eigenvalue weighted by atomic mass is 10.2. The molecule has 0 fully saturated rings. The normalized spacial score (nSPS) is 10.2. The van der Waals surface area contributed by atoms with Crippen LogP contribution in [0.1, 0.15) is 12.5 Å². The molecule has 110 valence electrons. The third-order valence-electron chi connectivity index (χ3n) is 2.77. The first-order valence-electron chi connectivity index (χ1n) is 6.47. The first-order chi connectivity index (χ1) is 10.1. The molecule has 0 aliphatic rings. The topological polar surface area (TPSA) is 80.1 Å². The molecule has 0 amide bonds. The Bertz CT molecular complexity index is 631. The van der Waals surface area contributed by atoms with Gasteiger partial charge in [0, 0.05) is 13.1 Å². The number of aromatic nitrogens is 1. The maximum atomic E-state index is 12.8. The third kappa shape index (κ3) is 4.13. The minimum absolute atomic E-state index is 0.0393. The number of nitro groups is 1. The lowest BCUT2D eigenvalue weighted by Crippen LogP contribution is -2.06. The van der Waals surface area contributed by atoms with Crippen LogP contribution in [0.25, 0.3) is 0 Å². The van der Waals surface area contributed by atoms with Crippen LogP contribution in [0.2, 0.25) is 0 Å². The number of nitrogens with one attached hydrogen (secondary N) is 2. The van der Waals surface area contributed by atoms with Crippen molar-refractivity contribution in [2.45, 2.75) is 13.5 Å². The second-order valence-corrected chi connectivity index (χ2v) is 4.36. The van der Waals surface area contributed by atoms with E-state index in [1.165, 1.54) is 24.3 Å². The van der Waals surface area contributed by atoms with E-state index in [0.29, 0.717) is 24.7 Å². The zero-order valence-corrected chi connectivity index (χ0v) is 11.5. The molecule has 0 aliphatic carbocycles. The molecule has 1 aromatic carbocycles. The molecule has 1 heterocycles. The van der Waals surface area contributed by atoms with Crippen molar-refractivity contribution in [2.75, 3.05) is 17.2 Å². The highest BCUT2D eigenvalue weighted by atomic mass is 19.1. The van der Waals surface area contributed by atoms with Gasteiger partial charge in [-0.05, 0) is 24.6 Å². The summed E-state index contributed by atoms with van der Waals surface area (Å²) in [6.07, 6.45) is 0. The molecule has 2 aromatic rings. The molecule has 0 atom stereocenters. The molecule has 6 nitrogen and oxygen atoms in total. The molecule has 0 unspecified atom stereocenters. The summed E-state index contributed by atoms with van der Waals surface area (Å²) < 4.78 is 12.8. The summed E-state index contributed by atoms with van der Waals surface area (Å²) in [6, 6.07) is 8.76. The summed E-state index contributed by atoms with van der Waals surface area (Å²) in [5.41, 5.74) is 0.817. The average Bonchev–Trinajstić information content (AvgIpc) is 2.47. The fourth-order valence-electron chi connectivity index (χ4n) is 1.78. The van der Waals surface area contributed by atoms with Gasteiger partial charge in [-0.15, -0.1) is 0 Å². The van der Waals surface area contributed by atoms with Crippen molar-refractivity contribution in [2.24, 2.45) is 0 Å². The predicted molar refractivity (Wildman–Crippen MR) is 78.8 cm³/mol. The van der Waals surface area contributed by atoms with Crippen molar-refractivity contribution in [3.05, 3.63) is 57.9 Å². The van der Waals surface area contributed by atoms with Gasteiger partial charge in [0.25, 0.3) is 5.69 Å². The molecule has 2 N–H and O–H groups in total. The molecule has 0 saturated heterocycles. The van der Waals surface area contributed by atoms with Crippen LogP contribution >= 0.6 is 0 Å². The Kier molecular flexibility index (Phi) is 4.65. The van der Waals surface area contributed by atoms with Crippen LogP contribution in [-0.4, -0.2) is 16.5 Å². The summed E-state index contributed by atoms with van der Waals surface area (Å²) in [5, 5.41) is 16.8. The maximum Gasteiger partial charge on any atom is 0.276 e. The predicted octanol–water partition coefficient (Wildman–Crippen LogP) is 3.17. The molecule has 7 heteroatoms. The van der Waals surface area contributed by atoms with E-state index in [1.54, 1.807) is 12.1 Å². The van der Waals surface area contributed by atoms with Gasteiger partial charge in [0.15, 0.2) is 0 Å². The standard InChI is InChI=1S/C14H15FN4O2/c1-2-16-13-7-12(19(20)21)8-14(18-13)17-9-10-3-5-11(15)6-4-10/h3-8H,2,9H2,1H3,(H2,16,17,18). The molecule has 0 spiro atoms. The van der Waals surface area contributed by atoms with E-state index in [9.17, 15) is 14.5 Å². The molecular formula is C14H15FN4O2. The highest BCUT2D eigenvalue weighted by Gasteiger charge is 2.10. The smallest absolute Gasteiger partial charge is 0.276 e. The monoisotopic (exact) mass is 290 g/mol. The maximum absolute atomic E-state index is 12.8. The van der Waals surface area contributed by atoms with E-state index >= 15 is 0 Å². The summed E-state index contributed by atoms with van der Waals surface area (Å²) in [5.74, 6) is 0.527. The molecule has 0 saturated carbocycles. The minimum Gasteiger partial charge on any atom is -0.370 e. The van der Waals surface area contributed by atoms with Gasteiger partial charge in [-0.2, -0.15) is 0 Å². The van der Waals surface area contributed by atoms with E-state index < -0.39 is 4.92 Å². The first kappa shape index (κ1) is 14.7. The Labute approximate surface area is 121 Å². The van der Waals surface area contributed by atoms with Crippen LogP contribution in [0, 0.1) is 15.9 Å². The quantitative estimate of drug-likeness (QED) is 0.631. The molecule has 21 heavy (non-hydrogen) atoms. The largest absolute Gasteiger partial charge is 0.370 e. The van der Waals surface area contributed by atoms with Gasteiger partial charge in [-0.25, -0.2) is 9.37 Å². The number of hydrogen-bond donors (Lipinski definition) is 2. The van der Waals surface area contributed by atoms with Gasteiger partial charge < -0.3 is 10.6 Å². The van der Waals surface area contributed by atoms with Gasteiger partial charge in [-0.3, -0.25) is 10.1 Å². The lowest BCUT2D eigenvalue weighted by Gasteiger charge is -2.08. The average molecular weight is 290 g/mol. The van der Waals surface area contributed by atoms with Gasteiger partial charge in [0.1, 0.15) is 17.5 Å². The van der Waals surface area contributed by atoms with Crippen LogP contribution in [-0.2, 0) is 6.54 Å². The highest BCUT2D eigenvalue weighted by Crippen LogP contribution is 2.21. The number of pyridine rings is 1. The Morgan fingerprint density at radius 2 is 1.81 bits per heavy atom. The van der Waals surface area contributed by atoms with Gasteiger partial charge in [0.2, 0.25) is 0 Å². The fourth-order valence-corrected chi connectivity index (χ4v) is 1.78. The van der Waals surface area contributed by atoms with Crippen LogP contribution in [0.15, 0.2) is 36.4 Å². The zero-order valence-electron chi connectivity index (χ0n) is 11.5. The van der Waals surface area contributed by atoms with Crippen LogP contribution < -0.4 is 10.6 Å². The fraction of sp³-hybridized carbons (Fsp3) is 0.214. The highest BCUT2D eigenvalue weighted by molar-refractivity contribution is 5.54. The summed E-state index contributed by atoms with van der Waals surface area (Å²) in [4.78, 5) is 14.7. The van der Waals surface area contributed by atoms with E-state index in [2.05, 4.69) is 15.6 Å². The Morgan fingerprint density at radius 3 is 2.38 bits per heavy atom. The SMILES string of the molecule is CCNc1cc([N+](=O)[O-])cc(NCc2ccc(F)cc2)n1. The van der Waals surface area contributed by atoms with E-state index in [4.69, 9.17) is 0 Å². The minimum atomic E-state index is -0.467. The van der Waals surface area contributed by atoms with Crippen molar-refractivity contribution in [3.8, 4) is 0 Å². The Balaban J connectivity index is 2.14. The van der Waals surface area contributed by atoms with Gasteiger partial charge in [-0.1, -0.05) is 12.1 Å². The van der Waals surface area contributed by atoms with Crippen LogP contribution in [0.4, 0.5) is 21.7 Å². The van der Waals surface area contributed by atoms with Crippen molar-refractivity contribution >= 4 is 17.3 Å². The molecular weight excluding hydrogens is 275 g/mol. The summed E-state index contributed by atoms with van der Waals surface area (Å²) in [6.45, 7) is 2.90. The lowest BCUT2D eigenvalue weighted by molar-refractivity contribution is -0.384.